The normalized spacial score (nSPS) is 11.6. The van der Waals surface area contributed by atoms with E-state index < -0.39 is 0 Å². The summed E-state index contributed by atoms with van der Waals surface area (Å²) in [5.41, 5.74) is 6.54. The summed E-state index contributed by atoms with van der Waals surface area (Å²) in [5, 5.41) is 6.72. The molecule has 45 heavy (non-hydrogen) atoms. The van der Waals surface area contributed by atoms with Gasteiger partial charge in [-0.15, -0.1) is 0 Å². The zero-order valence-electron chi connectivity index (χ0n) is 24.2. The molecule has 0 saturated heterocycles. The molecule has 0 bridgehead atoms. The van der Waals surface area contributed by atoms with Crippen LogP contribution in [0.4, 0.5) is 0 Å². The van der Waals surface area contributed by atoms with E-state index in [1.165, 1.54) is 16.2 Å². The molecule has 0 amide bonds. The largest absolute Gasteiger partial charge is 0.456 e. The second-order valence-electron chi connectivity index (χ2n) is 11.3. The number of nitrogens with zero attached hydrogens (tertiary/aromatic N) is 3. The highest BCUT2D eigenvalue weighted by molar-refractivity contribution is 6.13. The molecule has 0 saturated carbocycles. The van der Waals surface area contributed by atoms with Gasteiger partial charge in [-0.3, -0.25) is 0 Å². The molecule has 0 aliphatic heterocycles. The molecule has 0 atom stereocenters. The Morgan fingerprint density at radius 1 is 0.356 bits per heavy atom. The van der Waals surface area contributed by atoms with Crippen LogP contribution >= 0.6 is 0 Å². The molecule has 0 aliphatic carbocycles. The van der Waals surface area contributed by atoms with Crippen LogP contribution in [0.2, 0.25) is 0 Å². The maximum absolute atomic E-state index is 6.47. The van der Waals surface area contributed by atoms with E-state index in [4.69, 9.17) is 19.4 Å². The number of rotatable bonds is 4. The van der Waals surface area contributed by atoms with Gasteiger partial charge in [-0.2, -0.15) is 0 Å². The fourth-order valence-electron chi connectivity index (χ4n) is 6.24. The van der Waals surface area contributed by atoms with E-state index in [0.717, 1.165) is 55.1 Å². The van der Waals surface area contributed by atoms with Gasteiger partial charge in [-0.05, 0) is 63.0 Å². The van der Waals surface area contributed by atoms with E-state index in [1.807, 2.05) is 48.5 Å². The van der Waals surface area contributed by atoms with Crippen LogP contribution in [0.3, 0.4) is 0 Å². The lowest BCUT2D eigenvalue weighted by atomic mass is 9.96. The Morgan fingerprint density at radius 3 is 1.69 bits per heavy atom. The van der Waals surface area contributed by atoms with E-state index in [2.05, 4.69) is 103 Å². The summed E-state index contributed by atoms with van der Waals surface area (Å²) >= 11 is 0. The van der Waals surface area contributed by atoms with Crippen molar-refractivity contribution in [2.45, 2.75) is 0 Å². The standard InChI is InChI=1S/C41H25N3O/c1-2-12-28(13-3-1)39-42-40(32-21-19-27-11-5-7-15-30(27)23-32)44-41(43-39)35-24-33(31-20-18-26-10-4-6-14-29(26)22-31)25-37-38(35)34-16-8-9-17-36(34)45-37/h1-25H. The third-order valence-electron chi connectivity index (χ3n) is 8.48. The average molecular weight is 576 g/mol. The zero-order valence-corrected chi connectivity index (χ0v) is 24.2. The quantitative estimate of drug-likeness (QED) is 0.209. The molecule has 2 heterocycles. The van der Waals surface area contributed by atoms with Crippen molar-refractivity contribution in [2.75, 3.05) is 0 Å². The Balaban J connectivity index is 1.33. The maximum Gasteiger partial charge on any atom is 0.164 e. The molecule has 2 aromatic heterocycles. The number of fused-ring (bicyclic) bond motifs is 5. The fraction of sp³-hybridized carbons (Fsp3) is 0. The van der Waals surface area contributed by atoms with Crippen LogP contribution < -0.4 is 0 Å². The molecule has 210 valence electrons. The number of furan rings is 1. The molecule has 4 heteroatoms. The first kappa shape index (κ1) is 25.4. The topological polar surface area (TPSA) is 51.8 Å². The van der Waals surface area contributed by atoms with Gasteiger partial charge in [0.1, 0.15) is 11.2 Å². The average Bonchev–Trinajstić information content (AvgIpc) is 3.49. The Kier molecular flexibility index (Phi) is 5.78. The van der Waals surface area contributed by atoms with Crippen molar-refractivity contribution >= 4 is 43.5 Å². The maximum atomic E-state index is 6.47. The Labute approximate surface area is 259 Å². The first-order chi connectivity index (χ1) is 22.3. The Hall–Kier alpha value is -6.13. The van der Waals surface area contributed by atoms with Gasteiger partial charge in [0.25, 0.3) is 0 Å². The van der Waals surface area contributed by atoms with Gasteiger partial charge in [-0.1, -0.05) is 121 Å². The molecule has 0 N–H and O–H groups in total. The van der Waals surface area contributed by atoms with Gasteiger partial charge in [0.2, 0.25) is 0 Å². The monoisotopic (exact) mass is 575 g/mol. The van der Waals surface area contributed by atoms with Crippen LogP contribution in [0.1, 0.15) is 0 Å². The van der Waals surface area contributed by atoms with Crippen LogP contribution in [0.5, 0.6) is 0 Å². The minimum Gasteiger partial charge on any atom is -0.456 e. The van der Waals surface area contributed by atoms with Crippen molar-refractivity contribution in [1.82, 2.24) is 15.0 Å². The molecule has 0 radical (unpaired) electrons. The van der Waals surface area contributed by atoms with Crippen molar-refractivity contribution in [3.8, 4) is 45.3 Å². The third-order valence-corrected chi connectivity index (χ3v) is 8.48. The molecular weight excluding hydrogens is 550 g/mol. The lowest BCUT2D eigenvalue weighted by Gasteiger charge is -2.12. The highest BCUT2D eigenvalue weighted by Gasteiger charge is 2.20. The molecule has 4 nitrogen and oxygen atoms in total. The van der Waals surface area contributed by atoms with Gasteiger partial charge >= 0.3 is 0 Å². The van der Waals surface area contributed by atoms with Crippen molar-refractivity contribution in [2.24, 2.45) is 0 Å². The predicted molar refractivity (Wildman–Crippen MR) is 184 cm³/mol. The number of aromatic nitrogens is 3. The van der Waals surface area contributed by atoms with Crippen molar-refractivity contribution in [3.05, 3.63) is 152 Å². The number of hydrogen-bond acceptors (Lipinski definition) is 4. The first-order valence-corrected chi connectivity index (χ1v) is 15.0. The second-order valence-corrected chi connectivity index (χ2v) is 11.3. The van der Waals surface area contributed by atoms with Crippen LogP contribution in [-0.2, 0) is 0 Å². The molecule has 9 aromatic rings. The summed E-state index contributed by atoms with van der Waals surface area (Å²) in [7, 11) is 0. The zero-order chi connectivity index (χ0) is 29.7. The molecule has 0 unspecified atom stereocenters. The van der Waals surface area contributed by atoms with Crippen molar-refractivity contribution < 1.29 is 4.42 Å². The highest BCUT2D eigenvalue weighted by atomic mass is 16.3. The molecule has 0 fully saturated rings. The lowest BCUT2D eigenvalue weighted by Crippen LogP contribution is -2.00. The highest BCUT2D eigenvalue weighted by Crippen LogP contribution is 2.40. The van der Waals surface area contributed by atoms with Crippen LogP contribution in [0.15, 0.2) is 156 Å². The van der Waals surface area contributed by atoms with Crippen LogP contribution in [-0.4, -0.2) is 15.0 Å². The van der Waals surface area contributed by atoms with Gasteiger partial charge in [-0.25, -0.2) is 15.0 Å². The Bertz CT molecular complexity index is 2550. The van der Waals surface area contributed by atoms with Gasteiger partial charge in [0, 0.05) is 27.5 Å². The number of benzene rings is 7. The van der Waals surface area contributed by atoms with E-state index in [0.29, 0.717) is 17.5 Å². The van der Waals surface area contributed by atoms with E-state index in [9.17, 15) is 0 Å². The summed E-state index contributed by atoms with van der Waals surface area (Å²) in [4.78, 5) is 15.3. The molecular formula is C41H25N3O. The van der Waals surface area contributed by atoms with E-state index in [1.54, 1.807) is 0 Å². The summed E-state index contributed by atoms with van der Waals surface area (Å²) in [6, 6.07) is 52.3. The smallest absolute Gasteiger partial charge is 0.164 e. The summed E-state index contributed by atoms with van der Waals surface area (Å²) in [6.45, 7) is 0. The fourth-order valence-corrected chi connectivity index (χ4v) is 6.24. The van der Waals surface area contributed by atoms with Crippen LogP contribution in [0, 0.1) is 0 Å². The van der Waals surface area contributed by atoms with Gasteiger partial charge in [0.15, 0.2) is 17.5 Å². The van der Waals surface area contributed by atoms with E-state index in [-0.39, 0.29) is 0 Å². The SMILES string of the molecule is c1ccc(-c2nc(-c3ccc4ccccc4c3)nc(-c3cc(-c4ccc5ccccc5c4)cc4oc5ccccc5c34)n2)cc1. The molecule has 9 rings (SSSR count). The number of para-hydroxylation sites is 1. The first-order valence-electron chi connectivity index (χ1n) is 15.0. The molecule has 0 spiro atoms. The van der Waals surface area contributed by atoms with Crippen molar-refractivity contribution in [1.29, 1.82) is 0 Å². The molecule has 0 aliphatic rings. The summed E-state index contributed by atoms with van der Waals surface area (Å²) < 4.78 is 6.47. The Morgan fingerprint density at radius 2 is 0.933 bits per heavy atom. The minimum absolute atomic E-state index is 0.603. The molecule has 7 aromatic carbocycles. The third kappa shape index (κ3) is 4.43. The van der Waals surface area contributed by atoms with Gasteiger partial charge in [0.05, 0.1) is 0 Å². The summed E-state index contributed by atoms with van der Waals surface area (Å²) in [6.07, 6.45) is 0. The minimum atomic E-state index is 0.603. The van der Waals surface area contributed by atoms with Gasteiger partial charge < -0.3 is 4.42 Å². The lowest BCUT2D eigenvalue weighted by molar-refractivity contribution is 0.669. The van der Waals surface area contributed by atoms with Crippen LogP contribution in [0.25, 0.3) is 88.8 Å². The number of hydrogen-bond donors (Lipinski definition) is 0. The summed E-state index contributed by atoms with van der Waals surface area (Å²) in [5.74, 6) is 1.86. The predicted octanol–water partition coefficient (Wildman–Crippen LogP) is 10.7. The van der Waals surface area contributed by atoms with E-state index >= 15 is 0 Å². The second kappa shape index (κ2) is 10.2. The van der Waals surface area contributed by atoms with Crippen molar-refractivity contribution in [3.63, 3.8) is 0 Å².